The van der Waals surface area contributed by atoms with Crippen LogP contribution >= 0.6 is 0 Å². The Hall–Kier alpha value is -3.45. The molecular formula is C25H25F2NO4. The van der Waals surface area contributed by atoms with Gasteiger partial charge in [-0.25, -0.2) is 8.78 Å². The molecule has 5 nitrogen and oxygen atoms in total. The molecule has 168 valence electrons. The topological polar surface area (TPSA) is 81.8 Å². The Balaban J connectivity index is 1.94. The van der Waals surface area contributed by atoms with Crippen molar-refractivity contribution in [2.45, 2.75) is 26.0 Å². The highest BCUT2D eigenvalue weighted by molar-refractivity contribution is 5.71. The molecule has 0 aliphatic rings. The molecule has 0 bridgehead atoms. The minimum absolute atomic E-state index is 0.0884. The molecule has 0 aliphatic carbocycles. The van der Waals surface area contributed by atoms with Crippen LogP contribution in [0.3, 0.4) is 0 Å². The molecule has 0 aromatic heterocycles. The fourth-order valence-corrected chi connectivity index (χ4v) is 3.38. The minimum Gasteiger partial charge on any atom is -0.491 e. The Kier molecular flexibility index (Phi) is 7.78. The average molecular weight is 441 g/mol. The molecule has 0 saturated heterocycles. The quantitative estimate of drug-likeness (QED) is 0.459. The van der Waals surface area contributed by atoms with Crippen molar-refractivity contribution in [1.29, 1.82) is 0 Å². The van der Waals surface area contributed by atoms with Gasteiger partial charge in [0, 0.05) is 22.7 Å². The molecule has 0 saturated carbocycles. The Morgan fingerprint density at radius 2 is 1.88 bits per heavy atom. The second-order valence-corrected chi connectivity index (χ2v) is 7.37. The number of para-hydroxylation sites is 1. The van der Waals surface area contributed by atoms with E-state index < -0.39 is 24.5 Å². The van der Waals surface area contributed by atoms with Gasteiger partial charge >= 0.3 is 5.97 Å². The van der Waals surface area contributed by atoms with E-state index in [-0.39, 0.29) is 19.6 Å². The van der Waals surface area contributed by atoms with Crippen LogP contribution in [0.25, 0.3) is 11.1 Å². The zero-order valence-corrected chi connectivity index (χ0v) is 17.7. The molecule has 0 radical (unpaired) electrons. The third-order valence-electron chi connectivity index (χ3n) is 4.85. The molecule has 0 spiro atoms. The number of hydrogen-bond acceptors (Lipinski definition) is 4. The van der Waals surface area contributed by atoms with E-state index in [2.05, 4.69) is 0 Å². The molecule has 3 N–H and O–H groups in total. The van der Waals surface area contributed by atoms with Crippen molar-refractivity contribution in [1.82, 2.24) is 0 Å². The summed E-state index contributed by atoms with van der Waals surface area (Å²) >= 11 is 0. The highest BCUT2D eigenvalue weighted by atomic mass is 19.1. The van der Waals surface area contributed by atoms with E-state index in [1.807, 2.05) is 0 Å². The van der Waals surface area contributed by atoms with Gasteiger partial charge < -0.3 is 20.3 Å². The molecule has 3 aromatic rings. The molecule has 7 heteroatoms. The van der Waals surface area contributed by atoms with Gasteiger partial charge in [0.2, 0.25) is 0 Å². The van der Waals surface area contributed by atoms with Gasteiger partial charge in [-0.15, -0.1) is 0 Å². The van der Waals surface area contributed by atoms with Crippen molar-refractivity contribution in [3.05, 3.63) is 83.2 Å². The zero-order valence-electron chi connectivity index (χ0n) is 17.7. The number of hydrogen-bond donors (Lipinski definition) is 2. The lowest BCUT2D eigenvalue weighted by atomic mass is 9.97. The summed E-state index contributed by atoms with van der Waals surface area (Å²) < 4.78 is 39.0. The number of ether oxygens (including phenoxy) is 2. The molecule has 3 rings (SSSR count). The van der Waals surface area contributed by atoms with Gasteiger partial charge in [0.1, 0.15) is 37.2 Å². The number of alkyl halides is 1. The summed E-state index contributed by atoms with van der Waals surface area (Å²) in [6, 6.07) is 16.5. The fraction of sp³-hybridized carbons (Fsp3) is 0.240. The van der Waals surface area contributed by atoms with Crippen LogP contribution in [0.5, 0.6) is 11.5 Å². The number of aliphatic carboxylic acids is 1. The molecule has 0 fully saturated rings. The van der Waals surface area contributed by atoms with Crippen molar-refractivity contribution >= 4 is 5.97 Å². The largest absolute Gasteiger partial charge is 0.491 e. The van der Waals surface area contributed by atoms with Gasteiger partial charge in [-0.3, -0.25) is 4.79 Å². The van der Waals surface area contributed by atoms with Gasteiger partial charge in [0.25, 0.3) is 0 Å². The van der Waals surface area contributed by atoms with Gasteiger partial charge in [0.15, 0.2) is 0 Å². The van der Waals surface area contributed by atoms with Crippen molar-refractivity contribution < 1.29 is 28.2 Å². The van der Waals surface area contributed by atoms with E-state index in [1.54, 1.807) is 67.6 Å². The summed E-state index contributed by atoms with van der Waals surface area (Å²) in [5, 5.41) is 9.10. The van der Waals surface area contributed by atoms with Crippen LogP contribution in [-0.4, -0.2) is 24.4 Å². The first kappa shape index (κ1) is 23.2. The van der Waals surface area contributed by atoms with Crippen molar-refractivity contribution in [2.24, 2.45) is 5.73 Å². The standard InChI is InChI=1S/C25H25F2NO4/c1-16(28)21-6-4-7-22(25(21)27)19-11-17(12-20(13-19)31-10-9-26)15-32-23-8-3-2-5-18(23)14-24(29)30/h2-8,11-13,16H,9-10,14-15,28H2,1H3,(H,29,30)/t16-/m0/s1. The van der Waals surface area contributed by atoms with E-state index in [0.717, 1.165) is 0 Å². The van der Waals surface area contributed by atoms with Crippen LogP contribution in [0.15, 0.2) is 60.7 Å². The predicted octanol–water partition coefficient (Wildman–Crippen LogP) is 5.07. The predicted molar refractivity (Wildman–Crippen MR) is 118 cm³/mol. The number of halogens is 2. The van der Waals surface area contributed by atoms with Crippen molar-refractivity contribution in [3.63, 3.8) is 0 Å². The van der Waals surface area contributed by atoms with Crippen LogP contribution in [0, 0.1) is 5.82 Å². The summed E-state index contributed by atoms with van der Waals surface area (Å²) in [6.07, 6.45) is -0.170. The third kappa shape index (κ3) is 5.82. The summed E-state index contributed by atoms with van der Waals surface area (Å²) in [7, 11) is 0. The first-order valence-corrected chi connectivity index (χ1v) is 10.2. The maximum atomic E-state index is 15.1. The molecule has 0 amide bonds. The third-order valence-corrected chi connectivity index (χ3v) is 4.85. The van der Waals surface area contributed by atoms with Crippen molar-refractivity contribution in [2.75, 3.05) is 13.3 Å². The van der Waals surface area contributed by atoms with Crippen LogP contribution < -0.4 is 15.2 Å². The lowest BCUT2D eigenvalue weighted by Crippen LogP contribution is -2.08. The maximum Gasteiger partial charge on any atom is 0.307 e. The van der Waals surface area contributed by atoms with Crippen LogP contribution in [0.2, 0.25) is 0 Å². The summed E-state index contributed by atoms with van der Waals surface area (Å²) in [5.74, 6) is -0.571. The second kappa shape index (κ2) is 10.7. The van der Waals surface area contributed by atoms with E-state index in [9.17, 15) is 9.18 Å². The Morgan fingerprint density at radius 3 is 2.59 bits per heavy atom. The highest BCUT2D eigenvalue weighted by Gasteiger charge is 2.15. The number of carboxylic acids is 1. The fourth-order valence-electron chi connectivity index (χ4n) is 3.38. The smallest absolute Gasteiger partial charge is 0.307 e. The van der Waals surface area contributed by atoms with E-state index in [0.29, 0.717) is 39.3 Å². The van der Waals surface area contributed by atoms with E-state index >= 15 is 4.39 Å². The minimum atomic E-state index is -0.963. The lowest BCUT2D eigenvalue weighted by molar-refractivity contribution is -0.136. The Bertz CT molecular complexity index is 1090. The molecule has 1 atom stereocenters. The first-order chi connectivity index (χ1) is 15.4. The van der Waals surface area contributed by atoms with Crippen LogP contribution in [-0.2, 0) is 17.8 Å². The molecule has 3 aromatic carbocycles. The zero-order chi connectivity index (χ0) is 23.1. The molecule has 0 unspecified atom stereocenters. The number of carbonyl (C=O) groups is 1. The normalized spacial score (nSPS) is 11.8. The molecule has 0 heterocycles. The number of nitrogens with two attached hydrogens (primary N) is 1. The maximum absolute atomic E-state index is 15.1. The molecule has 0 aliphatic heterocycles. The van der Waals surface area contributed by atoms with Crippen molar-refractivity contribution in [3.8, 4) is 22.6 Å². The second-order valence-electron chi connectivity index (χ2n) is 7.37. The lowest BCUT2D eigenvalue weighted by Gasteiger charge is -2.15. The Labute approximate surface area is 185 Å². The van der Waals surface area contributed by atoms with Crippen LogP contribution in [0.1, 0.15) is 29.7 Å². The number of carboxylic acid groups (broad SMARTS) is 1. The van der Waals surface area contributed by atoms with E-state index in [1.165, 1.54) is 0 Å². The molecular weight excluding hydrogens is 416 g/mol. The molecule has 32 heavy (non-hydrogen) atoms. The highest BCUT2D eigenvalue weighted by Crippen LogP contribution is 2.32. The first-order valence-electron chi connectivity index (χ1n) is 10.2. The summed E-state index contributed by atoms with van der Waals surface area (Å²) in [4.78, 5) is 11.1. The van der Waals surface area contributed by atoms with Gasteiger partial charge in [-0.2, -0.15) is 0 Å². The average Bonchev–Trinajstić information content (AvgIpc) is 2.76. The monoisotopic (exact) mass is 441 g/mol. The van der Waals surface area contributed by atoms with Gasteiger partial charge in [-0.1, -0.05) is 36.4 Å². The number of rotatable bonds is 10. The summed E-state index contributed by atoms with van der Waals surface area (Å²) in [6.45, 7) is 1.00. The SMILES string of the molecule is C[C@H](N)c1cccc(-c2cc(COc3ccccc3CC(=O)O)cc(OCCF)c2)c1F. The van der Waals surface area contributed by atoms with Gasteiger partial charge in [-0.05, 0) is 42.3 Å². The van der Waals surface area contributed by atoms with Crippen LogP contribution in [0.4, 0.5) is 8.78 Å². The summed E-state index contributed by atoms with van der Waals surface area (Å²) in [5.41, 5.74) is 8.35. The Morgan fingerprint density at radius 1 is 1.09 bits per heavy atom. The van der Waals surface area contributed by atoms with Gasteiger partial charge in [0.05, 0.1) is 6.42 Å². The van der Waals surface area contributed by atoms with E-state index in [4.69, 9.17) is 20.3 Å². The number of benzene rings is 3.